The highest BCUT2D eigenvalue weighted by atomic mass is 32.2. The lowest BCUT2D eigenvalue weighted by Crippen LogP contribution is -2.42. The molecule has 1 atom stereocenters. The SMILES string of the molecule is Cc1sc2ncn(CC(=O)NC[C@H]3COc4ccccc4O3)c(=O)c2c1S(=O)(=O)N1CCCCC1. The summed E-state index contributed by atoms with van der Waals surface area (Å²) in [5, 5.41) is 2.80. The van der Waals surface area contributed by atoms with Gasteiger partial charge in [0.1, 0.15) is 29.0 Å². The largest absolute Gasteiger partial charge is 0.486 e. The van der Waals surface area contributed by atoms with Crippen LogP contribution in [0.15, 0.2) is 40.3 Å². The molecule has 35 heavy (non-hydrogen) atoms. The minimum absolute atomic E-state index is 0.0121. The number of ether oxygens (including phenoxy) is 2. The number of sulfonamides is 1. The van der Waals surface area contributed by atoms with E-state index in [0.717, 1.165) is 23.8 Å². The molecule has 0 spiro atoms. The number of nitrogens with zero attached hydrogens (tertiary/aromatic N) is 3. The summed E-state index contributed by atoms with van der Waals surface area (Å²) in [4.78, 5) is 31.1. The van der Waals surface area contributed by atoms with Gasteiger partial charge in [0.05, 0.1) is 18.3 Å². The minimum Gasteiger partial charge on any atom is -0.486 e. The Bertz CT molecular complexity index is 1430. The quantitative estimate of drug-likeness (QED) is 0.529. The van der Waals surface area contributed by atoms with E-state index in [1.165, 1.54) is 22.0 Å². The van der Waals surface area contributed by atoms with Crippen LogP contribution < -0.4 is 20.3 Å². The molecule has 5 rings (SSSR count). The molecule has 0 radical (unpaired) electrons. The molecule has 1 aromatic carbocycles. The highest BCUT2D eigenvalue weighted by Gasteiger charge is 2.32. The average molecular weight is 519 g/mol. The number of fused-ring (bicyclic) bond motifs is 2. The van der Waals surface area contributed by atoms with Gasteiger partial charge in [0.15, 0.2) is 11.5 Å². The first kappa shape index (κ1) is 23.8. The van der Waals surface area contributed by atoms with Crippen molar-refractivity contribution in [2.45, 2.75) is 43.7 Å². The third kappa shape index (κ3) is 4.65. The van der Waals surface area contributed by atoms with Crippen molar-refractivity contribution in [3.8, 4) is 11.5 Å². The molecule has 3 aromatic rings. The first-order valence-electron chi connectivity index (χ1n) is 11.5. The Morgan fingerprint density at radius 3 is 2.71 bits per heavy atom. The molecule has 0 aliphatic carbocycles. The molecule has 0 saturated carbocycles. The van der Waals surface area contributed by atoms with Gasteiger partial charge in [-0.2, -0.15) is 4.31 Å². The van der Waals surface area contributed by atoms with E-state index in [4.69, 9.17) is 9.47 Å². The fourth-order valence-corrected chi connectivity index (χ4v) is 7.56. The Balaban J connectivity index is 1.33. The van der Waals surface area contributed by atoms with Crippen LogP contribution in [0.3, 0.4) is 0 Å². The zero-order valence-electron chi connectivity index (χ0n) is 19.2. The number of amides is 1. The third-order valence-electron chi connectivity index (χ3n) is 6.12. The van der Waals surface area contributed by atoms with Crippen LogP contribution in [-0.4, -0.2) is 60.5 Å². The Labute approximate surface area is 206 Å². The van der Waals surface area contributed by atoms with E-state index in [-0.39, 0.29) is 36.1 Å². The predicted octanol–water partition coefficient (Wildman–Crippen LogP) is 1.90. The fraction of sp³-hybridized carbons (Fsp3) is 0.435. The van der Waals surface area contributed by atoms with Crippen molar-refractivity contribution in [3.05, 3.63) is 45.8 Å². The summed E-state index contributed by atoms with van der Waals surface area (Å²) in [5.41, 5.74) is -0.545. The molecule has 2 aliphatic rings. The number of aryl methyl sites for hydroxylation is 1. The summed E-state index contributed by atoms with van der Waals surface area (Å²) in [5.74, 6) is 0.851. The predicted molar refractivity (Wildman–Crippen MR) is 131 cm³/mol. The zero-order valence-corrected chi connectivity index (χ0v) is 20.9. The van der Waals surface area contributed by atoms with Gasteiger partial charge in [0.25, 0.3) is 5.56 Å². The molecular formula is C23H26N4O6S2. The van der Waals surface area contributed by atoms with Gasteiger partial charge >= 0.3 is 0 Å². The molecule has 10 nitrogen and oxygen atoms in total. The van der Waals surface area contributed by atoms with E-state index in [2.05, 4.69) is 10.3 Å². The number of thiophene rings is 1. The molecular weight excluding hydrogens is 492 g/mol. The van der Waals surface area contributed by atoms with Crippen molar-refractivity contribution in [2.24, 2.45) is 0 Å². The standard InChI is InChI=1S/C23H26N4O6S2/c1-15-21(35(30,31)27-9-5-2-6-10-27)20-22(34-15)25-14-26(23(20)29)12-19(28)24-11-16-13-32-17-7-3-4-8-18(17)33-16/h3-4,7-8,14,16H,2,5-6,9-13H2,1H3,(H,24,28)/t16-/m0/s1. The van der Waals surface area contributed by atoms with Crippen molar-refractivity contribution in [3.63, 3.8) is 0 Å². The maximum absolute atomic E-state index is 13.4. The van der Waals surface area contributed by atoms with E-state index >= 15 is 0 Å². The average Bonchev–Trinajstić information content (AvgIpc) is 3.22. The van der Waals surface area contributed by atoms with Crippen molar-refractivity contribution in [1.29, 1.82) is 0 Å². The van der Waals surface area contributed by atoms with Gasteiger partial charge in [0, 0.05) is 18.0 Å². The van der Waals surface area contributed by atoms with Crippen LogP contribution >= 0.6 is 11.3 Å². The Kier molecular flexibility index (Phi) is 6.51. The van der Waals surface area contributed by atoms with Crippen molar-refractivity contribution >= 4 is 37.5 Å². The molecule has 186 valence electrons. The summed E-state index contributed by atoms with van der Waals surface area (Å²) >= 11 is 1.17. The second-order valence-corrected chi connectivity index (χ2v) is 11.7. The highest BCUT2D eigenvalue weighted by Crippen LogP contribution is 2.34. The summed E-state index contributed by atoms with van der Waals surface area (Å²) < 4.78 is 40.8. The minimum atomic E-state index is -3.83. The Morgan fingerprint density at radius 1 is 1.20 bits per heavy atom. The Hall–Kier alpha value is -2.96. The number of hydrogen-bond acceptors (Lipinski definition) is 8. The first-order valence-corrected chi connectivity index (χ1v) is 13.7. The summed E-state index contributed by atoms with van der Waals surface area (Å²) in [6.07, 6.45) is 3.50. The van der Waals surface area contributed by atoms with Gasteiger partial charge in [-0.1, -0.05) is 18.6 Å². The van der Waals surface area contributed by atoms with Gasteiger partial charge in [-0.3, -0.25) is 14.2 Å². The first-order chi connectivity index (χ1) is 16.8. The molecule has 1 fully saturated rings. The summed E-state index contributed by atoms with van der Waals surface area (Å²) in [7, 11) is -3.83. The molecule has 2 aliphatic heterocycles. The van der Waals surface area contributed by atoms with E-state index < -0.39 is 21.5 Å². The van der Waals surface area contributed by atoms with Gasteiger partial charge < -0.3 is 14.8 Å². The van der Waals surface area contributed by atoms with Crippen LogP contribution in [0.25, 0.3) is 10.2 Å². The lowest BCUT2D eigenvalue weighted by molar-refractivity contribution is -0.122. The van der Waals surface area contributed by atoms with Crippen LogP contribution in [0.2, 0.25) is 0 Å². The lowest BCUT2D eigenvalue weighted by atomic mass is 10.2. The van der Waals surface area contributed by atoms with Crippen molar-refractivity contribution in [1.82, 2.24) is 19.2 Å². The number of nitrogens with one attached hydrogen (secondary N) is 1. The van der Waals surface area contributed by atoms with Crippen LogP contribution in [0.4, 0.5) is 0 Å². The second-order valence-electron chi connectivity index (χ2n) is 8.61. The van der Waals surface area contributed by atoms with Crippen molar-refractivity contribution < 1.29 is 22.7 Å². The van der Waals surface area contributed by atoms with Crippen LogP contribution in [0.5, 0.6) is 11.5 Å². The van der Waals surface area contributed by atoms with Gasteiger partial charge in [-0.15, -0.1) is 11.3 Å². The van der Waals surface area contributed by atoms with Gasteiger partial charge in [0.2, 0.25) is 15.9 Å². The number of aromatic nitrogens is 2. The number of para-hydroxylation sites is 2. The topological polar surface area (TPSA) is 120 Å². The smallest absolute Gasteiger partial charge is 0.263 e. The maximum Gasteiger partial charge on any atom is 0.263 e. The number of rotatable bonds is 6. The van der Waals surface area contributed by atoms with Gasteiger partial charge in [-0.25, -0.2) is 13.4 Å². The van der Waals surface area contributed by atoms with E-state index in [1.807, 2.05) is 18.2 Å². The molecule has 1 amide bonds. The zero-order chi connectivity index (χ0) is 24.6. The molecule has 0 bridgehead atoms. The number of benzene rings is 1. The van der Waals surface area contributed by atoms with Crippen LogP contribution in [-0.2, 0) is 21.4 Å². The number of hydrogen-bond donors (Lipinski definition) is 1. The second kappa shape index (κ2) is 9.59. The highest BCUT2D eigenvalue weighted by molar-refractivity contribution is 7.89. The third-order valence-corrected chi connectivity index (χ3v) is 9.33. The molecule has 1 saturated heterocycles. The maximum atomic E-state index is 13.4. The number of piperidine rings is 1. The van der Waals surface area contributed by atoms with Crippen LogP contribution in [0, 0.1) is 6.92 Å². The number of carbonyl (C=O) groups excluding carboxylic acids is 1. The molecule has 2 aromatic heterocycles. The van der Waals surface area contributed by atoms with E-state index in [9.17, 15) is 18.0 Å². The summed E-state index contributed by atoms with van der Waals surface area (Å²) in [6.45, 7) is 2.76. The normalized spacial score (nSPS) is 18.5. The summed E-state index contributed by atoms with van der Waals surface area (Å²) in [6, 6.07) is 7.30. The van der Waals surface area contributed by atoms with E-state index in [1.54, 1.807) is 13.0 Å². The lowest BCUT2D eigenvalue weighted by Gasteiger charge is -2.26. The monoisotopic (exact) mass is 518 g/mol. The number of carbonyl (C=O) groups is 1. The van der Waals surface area contributed by atoms with E-state index in [0.29, 0.717) is 34.3 Å². The molecule has 4 heterocycles. The Morgan fingerprint density at radius 2 is 1.94 bits per heavy atom. The fourth-order valence-electron chi connectivity index (χ4n) is 4.37. The molecule has 1 N–H and O–H groups in total. The van der Waals surface area contributed by atoms with Crippen molar-refractivity contribution in [2.75, 3.05) is 26.2 Å². The molecule has 12 heteroatoms. The molecule has 0 unspecified atom stereocenters. The van der Waals surface area contributed by atoms with Crippen LogP contribution in [0.1, 0.15) is 24.1 Å². The van der Waals surface area contributed by atoms with Gasteiger partial charge in [-0.05, 0) is 31.9 Å².